The van der Waals surface area contributed by atoms with Gasteiger partial charge in [-0.05, 0) is 39.0 Å². The van der Waals surface area contributed by atoms with E-state index in [9.17, 15) is 9.90 Å². The third kappa shape index (κ3) is 5.26. The van der Waals surface area contributed by atoms with E-state index in [0.717, 1.165) is 51.4 Å². The van der Waals surface area contributed by atoms with E-state index in [1.54, 1.807) is 0 Å². The summed E-state index contributed by atoms with van der Waals surface area (Å²) in [7, 11) is 0. The molecule has 0 aliphatic heterocycles. The van der Waals surface area contributed by atoms with Gasteiger partial charge in [-0.15, -0.1) is 0 Å². The molecule has 0 heterocycles. The van der Waals surface area contributed by atoms with Crippen LogP contribution in [0, 0.1) is 5.92 Å². The largest absolute Gasteiger partial charge is 0.466 e. The van der Waals surface area contributed by atoms with Gasteiger partial charge in [0.1, 0.15) is 0 Å². The molecule has 0 saturated heterocycles. The molecule has 2 saturated carbocycles. The lowest BCUT2D eigenvalue weighted by Crippen LogP contribution is -2.46. The summed E-state index contributed by atoms with van der Waals surface area (Å²) in [5.74, 6) is -0.00263. The lowest BCUT2D eigenvalue weighted by Gasteiger charge is -2.33. The minimum atomic E-state index is -0.534. The smallest absolute Gasteiger partial charge is 0.308 e. The van der Waals surface area contributed by atoms with Crippen LogP contribution in [0.1, 0.15) is 71.1 Å². The van der Waals surface area contributed by atoms with Crippen LogP contribution >= 0.6 is 0 Å². The second-order valence-corrected chi connectivity index (χ2v) is 6.83. The summed E-state index contributed by atoms with van der Waals surface area (Å²) in [6.45, 7) is 3.00. The fraction of sp³-hybridized carbons (Fsp3) is 0.941. The molecule has 0 aromatic heterocycles. The number of aliphatic hydroxyl groups is 1. The van der Waals surface area contributed by atoms with Crippen LogP contribution in [0.25, 0.3) is 0 Å². The van der Waals surface area contributed by atoms with Gasteiger partial charge < -0.3 is 15.2 Å². The molecule has 2 atom stereocenters. The van der Waals surface area contributed by atoms with Crippen LogP contribution in [0.2, 0.25) is 0 Å². The fourth-order valence-electron chi connectivity index (χ4n) is 3.75. The highest BCUT2D eigenvalue weighted by atomic mass is 16.5. The van der Waals surface area contributed by atoms with E-state index in [4.69, 9.17) is 4.74 Å². The van der Waals surface area contributed by atoms with Gasteiger partial charge in [-0.1, -0.05) is 32.1 Å². The number of hydrogen-bond donors (Lipinski definition) is 2. The first-order chi connectivity index (χ1) is 10.1. The molecule has 4 heteroatoms. The molecular weight excluding hydrogens is 266 g/mol. The van der Waals surface area contributed by atoms with Crippen molar-refractivity contribution in [3.8, 4) is 0 Å². The summed E-state index contributed by atoms with van der Waals surface area (Å²) in [5.41, 5.74) is -0.534. The van der Waals surface area contributed by atoms with Crippen molar-refractivity contribution in [2.45, 2.75) is 82.8 Å². The van der Waals surface area contributed by atoms with Gasteiger partial charge in [-0.25, -0.2) is 0 Å². The molecule has 0 aromatic rings. The van der Waals surface area contributed by atoms with Gasteiger partial charge >= 0.3 is 5.97 Å². The highest BCUT2D eigenvalue weighted by Gasteiger charge is 2.32. The van der Waals surface area contributed by atoms with E-state index in [2.05, 4.69) is 5.32 Å². The number of rotatable bonds is 5. The number of carbonyl (C=O) groups excluding carboxylic acids is 1. The quantitative estimate of drug-likeness (QED) is 0.605. The van der Waals surface area contributed by atoms with Gasteiger partial charge in [0.2, 0.25) is 0 Å². The van der Waals surface area contributed by atoms with Crippen LogP contribution < -0.4 is 5.32 Å². The molecule has 2 unspecified atom stereocenters. The molecule has 2 N–H and O–H groups in total. The van der Waals surface area contributed by atoms with Crippen molar-refractivity contribution in [2.24, 2.45) is 5.92 Å². The third-order valence-corrected chi connectivity index (χ3v) is 5.05. The molecule has 21 heavy (non-hydrogen) atoms. The molecule has 2 rings (SSSR count). The summed E-state index contributed by atoms with van der Waals surface area (Å²) in [5, 5.41) is 14.2. The number of carbonyl (C=O) groups is 1. The lowest BCUT2D eigenvalue weighted by molar-refractivity contribution is -0.149. The maximum Gasteiger partial charge on any atom is 0.308 e. The van der Waals surface area contributed by atoms with Crippen LogP contribution in [0.5, 0.6) is 0 Å². The minimum Gasteiger partial charge on any atom is -0.466 e. The average molecular weight is 297 g/mol. The minimum absolute atomic E-state index is 0.0416. The summed E-state index contributed by atoms with van der Waals surface area (Å²) in [4.78, 5) is 11.9. The topological polar surface area (TPSA) is 58.6 Å². The molecule has 2 fully saturated rings. The van der Waals surface area contributed by atoms with Crippen molar-refractivity contribution in [3.05, 3.63) is 0 Å². The fourth-order valence-corrected chi connectivity index (χ4v) is 3.75. The molecule has 2 aliphatic rings. The van der Waals surface area contributed by atoms with Crippen molar-refractivity contribution < 1.29 is 14.6 Å². The summed E-state index contributed by atoms with van der Waals surface area (Å²) >= 11 is 0. The highest BCUT2D eigenvalue weighted by molar-refractivity contribution is 5.72. The van der Waals surface area contributed by atoms with Gasteiger partial charge in [0, 0.05) is 12.6 Å². The van der Waals surface area contributed by atoms with Crippen LogP contribution in [0.4, 0.5) is 0 Å². The van der Waals surface area contributed by atoms with Crippen LogP contribution in [0.15, 0.2) is 0 Å². The second kappa shape index (κ2) is 8.14. The van der Waals surface area contributed by atoms with E-state index in [1.807, 2.05) is 6.92 Å². The summed E-state index contributed by atoms with van der Waals surface area (Å²) in [6, 6.07) is 0.348. The lowest BCUT2D eigenvalue weighted by atomic mass is 9.85. The standard InChI is InChI=1S/C17H31NO3/c1-2-21-16(19)14-8-7-9-15(12-14)18-13-17(20)10-5-3-4-6-11-17/h14-15,18,20H,2-13H2,1H3. The Kier molecular flexibility index (Phi) is 6.49. The average Bonchev–Trinajstić information content (AvgIpc) is 2.71. The van der Waals surface area contributed by atoms with Crippen molar-refractivity contribution >= 4 is 5.97 Å². The van der Waals surface area contributed by atoms with Gasteiger partial charge in [0.05, 0.1) is 18.1 Å². The Labute approximate surface area is 128 Å². The van der Waals surface area contributed by atoms with Crippen LogP contribution in [0.3, 0.4) is 0 Å². The Balaban J connectivity index is 1.78. The first kappa shape index (κ1) is 16.8. The second-order valence-electron chi connectivity index (χ2n) is 6.83. The Morgan fingerprint density at radius 2 is 1.90 bits per heavy atom. The van der Waals surface area contributed by atoms with Crippen LogP contribution in [-0.2, 0) is 9.53 Å². The number of nitrogens with one attached hydrogen (secondary N) is 1. The first-order valence-electron chi connectivity index (χ1n) is 8.75. The maximum absolute atomic E-state index is 11.9. The molecule has 0 amide bonds. The Morgan fingerprint density at radius 1 is 1.19 bits per heavy atom. The molecule has 0 aromatic carbocycles. The van der Waals surface area contributed by atoms with Crippen molar-refractivity contribution in [1.29, 1.82) is 0 Å². The van der Waals surface area contributed by atoms with Crippen molar-refractivity contribution in [2.75, 3.05) is 13.2 Å². The van der Waals surface area contributed by atoms with Gasteiger partial charge in [-0.2, -0.15) is 0 Å². The zero-order chi connectivity index (χ0) is 15.1. The molecule has 122 valence electrons. The number of hydrogen-bond acceptors (Lipinski definition) is 4. The van der Waals surface area contributed by atoms with E-state index in [0.29, 0.717) is 19.2 Å². The van der Waals surface area contributed by atoms with Gasteiger partial charge in [0.15, 0.2) is 0 Å². The van der Waals surface area contributed by atoms with Crippen LogP contribution in [-0.4, -0.2) is 35.9 Å². The van der Waals surface area contributed by atoms with E-state index < -0.39 is 5.60 Å². The van der Waals surface area contributed by atoms with Gasteiger partial charge in [0.25, 0.3) is 0 Å². The third-order valence-electron chi connectivity index (χ3n) is 5.05. The molecular formula is C17H31NO3. The first-order valence-corrected chi connectivity index (χ1v) is 8.75. The zero-order valence-electron chi connectivity index (χ0n) is 13.4. The molecule has 0 bridgehead atoms. The molecule has 0 radical (unpaired) electrons. The van der Waals surface area contributed by atoms with E-state index in [-0.39, 0.29) is 11.9 Å². The molecule has 2 aliphatic carbocycles. The monoisotopic (exact) mass is 297 g/mol. The maximum atomic E-state index is 11.9. The number of ether oxygens (including phenoxy) is 1. The summed E-state index contributed by atoms with van der Waals surface area (Å²) < 4.78 is 5.14. The Bertz CT molecular complexity index is 324. The van der Waals surface area contributed by atoms with Gasteiger partial charge in [-0.3, -0.25) is 4.79 Å². The predicted molar refractivity (Wildman–Crippen MR) is 83.0 cm³/mol. The predicted octanol–water partition coefficient (Wildman–Crippen LogP) is 2.78. The van der Waals surface area contributed by atoms with E-state index >= 15 is 0 Å². The van der Waals surface area contributed by atoms with Crippen molar-refractivity contribution in [1.82, 2.24) is 5.32 Å². The number of esters is 1. The molecule has 0 spiro atoms. The normalized spacial score (nSPS) is 29.6. The molecule has 4 nitrogen and oxygen atoms in total. The van der Waals surface area contributed by atoms with E-state index in [1.165, 1.54) is 12.8 Å². The zero-order valence-corrected chi connectivity index (χ0v) is 13.4. The van der Waals surface area contributed by atoms with Crippen molar-refractivity contribution in [3.63, 3.8) is 0 Å². The Hall–Kier alpha value is -0.610. The Morgan fingerprint density at radius 3 is 2.57 bits per heavy atom. The highest BCUT2D eigenvalue weighted by Crippen LogP contribution is 2.29. The SMILES string of the molecule is CCOC(=O)C1CCCC(NCC2(O)CCCCCC2)C1. The summed E-state index contributed by atoms with van der Waals surface area (Å²) in [6.07, 6.45) is 10.6.